The molecule has 1 N–H and O–H groups in total. The second-order valence-corrected chi connectivity index (χ2v) is 6.03. The van der Waals surface area contributed by atoms with Crippen molar-refractivity contribution in [2.24, 2.45) is 0 Å². The van der Waals surface area contributed by atoms with E-state index in [1.54, 1.807) is 6.26 Å². The van der Waals surface area contributed by atoms with E-state index < -0.39 is 0 Å². The average molecular weight is 284 g/mol. The minimum Gasteiger partial charge on any atom is -0.469 e. The number of furan rings is 1. The zero-order valence-corrected chi connectivity index (χ0v) is 12.9. The molecule has 3 nitrogen and oxygen atoms in total. The SMILES string of the molecule is CC(CCc1ccco1)NCc1ccc2c(c1)CCN2C. The van der Waals surface area contributed by atoms with Gasteiger partial charge in [-0.15, -0.1) is 0 Å². The molecular formula is C18H24N2O. The van der Waals surface area contributed by atoms with Crippen LogP contribution in [0.3, 0.4) is 0 Å². The maximum absolute atomic E-state index is 5.37. The van der Waals surface area contributed by atoms with E-state index in [-0.39, 0.29) is 0 Å². The van der Waals surface area contributed by atoms with E-state index in [2.05, 4.69) is 42.4 Å². The van der Waals surface area contributed by atoms with Crippen molar-refractivity contribution in [3.05, 3.63) is 53.5 Å². The monoisotopic (exact) mass is 284 g/mol. The molecule has 3 rings (SSSR count). The van der Waals surface area contributed by atoms with E-state index in [4.69, 9.17) is 4.42 Å². The highest BCUT2D eigenvalue weighted by atomic mass is 16.3. The van der Waals surface area contributed by atoms with E-state index in [9.17, 15) is 0 Å². The summed E-state index contributed by atoms with van der Waals surface area (Å²) in [7, 11) is 2.17. The van der Waals surface area contributed by atoms with Crippen molar-refractivity contribution in [3.63, 3.8) is 0 Å². The van der Waals surface area contributed by atoms with Crippen LogP contribution in [0.15, 0.2) is 41.0 Å². The highest BCUT2D eigenvalue weighted by molar-refractivity contribution is 5.58. The second-order valence-electron chi connectivity index (χ2n) is 6.03. The van der Waals surface area contributed by atoms with Crippen molar-refractivity contribution in [2.45, 2.75) is 38.8 Å². The first-order valence-electron chi connectivity index (χ1n) is 7.81. The largest absolute Gasteiger partial charge is 0.469 e. The Kier molecular flexibility index (Phi) is 4.30. The molecule has 0 fully saturated rings. The number of anilines is 1. The fraction of sp³-hybridized carbons (Fsp3) is 0.444. The third kappa shape index (κ3) is 3.48. The van der Waals surface area contributed by atoms with Crippen molar-refractivity contribution >= 4 is 5.69 Å². The summed E-state index contributed by atoms with van der Waals surface area (Å²) in [6, 6.07) is 11.3. The van der Waals surface area contributed by atoms with Crippen molar-refractivity contribution in [1.82, 2.24) is 5.32 Å². The van der Waals surface area contributed by atoms with Crippen LogP contribution < -0.4 is 10.2 Å². The lowest BCUT2D eigenvalue weighted by molar-refractivity contribution is 0.460. The normalized spacial score (nSPS) is 15.2. The molecule has 1 aliphatic heterocycles. The number of hydrogen-bond acceptors (Lipinski definition) is 3. The van der Waals surface area contributed by atoms with Gasteiger partial charge in [0.05, 0.1) is 6.26 Å². The summed E-state index contributed by atoms with van der Waals surface area (Å²) in [5, 5.41) is 3.61. The maximum atomic E-state index is 5.37. The molecule has 0 bridgehead atoms. The van der Waals surface area contributed by atoms with E-state index in [0.29, 0.717) is 6.04 Å². The summed E-state index contributed by atoms with van der Waals surface area (Å²) in [5.74, 6) is 1.07. The molecule has 0 saturated heterocycles. The summed E-state index contributed by atoms with van der Waals surface area (Å²) in [6.45, 7) is 4.33. The zero-order valence-electron chi connectivity index (χ0n) is 12.9. The van der Waals surface area contributed by atoms with Crippen LogP contribution in [0.4, 0.5) is 5.69 Å². The van der Waals surface area contributed by atoms with Gasteiger partial charge in [0.15, 0.2) is 0 Å². The van der Waals surface area contributed by atoms with E-state index >= 15 is 0 Å². The van der Waals surface area contributed by atoms with Gasteiger partial charge in [0, 0.05) is 38.3 Å². The number of fused-ring (bicyclic) bond motifs is 1. The first-order valence-corrected chi connectivity index (χ1v) is 7.81. The first kappa shape index (κ1) is 14.2. The van der Waals surface area contributed by atoms with E-state index in [0.717, 1.165) is 31.7 Å². The van der Waals surface area contributed by atoms with Crippen molar-refractivity contribution < 1.29 is 4.42 Å². The highest BCUT2D eigenvalue weighted by Gasteiger charge is 2.15. The van der Waals surface area contributed by atoms with Gasteiger partial charge >= 0.3 is 0 Å². The van der Waals surface area contributed by atoms with Gasteiger partial charge in [0.2, 0.25) is 0 Å². The van der Waals surface area contributed by atoms with Crippen LogP contribution in [0.2, 0.25) is 0 Å². The van der Waals surface area contributed by atoms with Gasteiger partial charge < -0.3 is 14.6 Å². The molecule has 0 radical (unpaired) electrons. The van der Waals surface area contributed by atoms with Crippen molar-refractivity contribution in [3.8, 4) is 0 Å². The van der Waals surface area contributed by atoms with Crippen molar-refractivity contribution in [1.29, 1.82) is 0 Å². The van der Waals surface area contributed by atoms with Crippen molar-refractivity contribution in [2.75, 3.05) is 18.5 Å². The molecule has 3 heteroatoms. The summed E-state index contributed by atoms with van der Waals surface area (Å²) >= 11 is 0. The molecule has 1 unspecified atom stereocenters. The van der Waals surface area contributed by atoms with Crippen LogP contribution in [0.25, 0.3) is 0 Å². The molecule has 1 atom stereocenters. The quantitative estimate of drug-likeness (QED) is 0.881. The Balaban J connectivity index is 1.48. The maximum Gasteiger partial charge on any atom is 0.103 e. The van der Waals surface area contributed by atoms with Crippen LogP contribution in [-0.4, -0.2) is 19.6 Å². The number of nitrogens with zero attached hydrogens (tertiary/aromatic N) is 1. The predicted octanol–water partition coefficient (Wildman–Crippen LogP) is 3.38. The third-order valence-corrected chi connectivity index (χ3v) is 4.33. The number of benzene rings is 1. The number of nitrogens with one attached hydrogen (secondary N) is 1. The smallest absolute Gasteiger partial charge is 0.103 e. The van der Waals surface area contributed by atoms with Gasteiger partial charge in [-0.2, -0.15) is 0 Å². The second kappa shape index (κ2) is 6.35. The minimum atomic E-state index is 0.492. The standard InChI is InChI=1S/C18H24N2O/c1-14(5-7-17-4-3-11-21-17)19-13-15-6-8-18-16(12-15)9-10-20(18)2/h3-4,6,8,11-12,14,19H,5,7,9-10,13H2,1-2H3. The summed E-state index contributed by atoms with van der Waals surface area (Å²) in [5.41, 5.74) is 4.26. The molecule has 2 heterocycles. The molecule has 1 aliphatic rings. The van der Waals surface area contributed by atoms with Gasteiger partial charge in [0.25, 0.3) is 0 Å². The van der Waals surface area contributed by atoms with Crippen LogP contribution in [0.5, 0.6) is 0 Å². The van der Waals surface area contributed by atoms with Crippen LogP contribution in [0.1, 0.15) is 30.2 Å². The Morgan fingerprint density at radius 2 is 2.24 bits per heavy atom. The van der Waals surface area contributed by atoms with Gasteiger partial charge in [0.1, 0.15) is 5.76 Å². The summed E-state index contributed by atoms with van der Waals surface area (Å²) in [6.07, 6.45) is 5.01. The average Bonchev–Trinajstić information content (AvgIpc) is 3.13. The Morgan fingerprint density at radius 1 is 1.33 bits per heavy atom. The molecule has 21 heavy (non-hydrogen) atoms. The number of hydrogen-bond donors (Lipinski definition) is 1. The fourth-order valence-corrected chi connectivity index (χ4v) is 2.94. The lowest BCUT2D eigenvalue weighted by atomic mass is 10.1. The number of aryl methyl sites for hydroxylation is 1. The Hall–Kier alpha value is -1.74. The molecule has 2 aromatic rings. The number of likely N-dealkylation sites (N-methyl/N-ethyl adjacent to an activating group) is 1. The molecule has 0 aliphatic carbocycles. The number of rotatable bonds is 6. The van der Waals surface area contributed by atoms with E-state index in [1.165, 1.54) is 23.2 Å². The van der Waals surface area contributed by atoms with Gasteiger partial charge in [-0.05, 0) is 49.1 Å². The van der Waals surface area contributed by atoms with Gasteiger partial charge in [-0.25, -0.2) is 0 Å². The van der Waals surface area contributed by atoms with Crippen LogP contribution >= 0.6 is 0 Å². The predicted molar refractivity (Wildman–Crippen MR) is 86.7 cm³/mol. The molecule has 0 spiro atoms. The molecule has 1 aromatic carbocycles. The van der Waals surface area contributed by atoms with Crippen LogP contribution in [0, 0.1) is 0 Å². The first-order chi connectivity index (χ1) is 10.2. The molecule has 112 valence electrons. The molecule has 0 amide bonds. The minimum absolute atomic E-state index is 0.492. The zero-order chi connectivity index (χ0) is 14.7. The lowest BCUT2D eigenvalue weighted by Crippen LogP contribution is -2.26. The Labute approximate surface area is 127 Å². The lowest BCUT2D eigenvalue weighted by Gasteiger charge is -2.15. The molecule has 1 aromatic heterocycles. The van der Waals surface area contributed by atoms with Crippen LogP contribution in [-0.2, 0) is 19.4 Å². The Bertz CT molecular complexity index is 577. The fourth-order valence-electron chi connectivity index (χ4n) is 2.94. The topological polar surface area (TPSA) is 28.4 Å². The Morgan fingerprint density at radius 3 is 3.05 bits per heavy atom. The highest BCUT2D eigenvalue weighted by Crippen LogP contribution is 2.27. The summed E-state index contributed by atoms with van der Waals surface area (Å²) < 4.78 is 5.37. The van der Waals surface area contributed by atoms with Gasteiger partial charge in [-0.3, -0.25) is 0 Å². The van der Waals surface area contributed by atoms with E-state index in [1.807, 2.05) is 12.1 Å². The summed E-state index contributed by atoms with van der Waals surface area (Å²) in [4.78, 5) is 2.33. The van der Waals surface area contributed by atoms with Gasteiger partial charge in [-0.1, -0.05) is 12.1 Å². The third-order valence-electron chi connectivity index (χ3n) is 4.33. The molecular weight excluding hydrogens is 260 g/mol. The molecule has 0 saturated carbocycles.